The lowest BCUT2D eigenvalue weighted by atomic mass is 10.4. The van der Waals surface area contributed by atoms with Crippen molar-refractivity contribution in [3.8, 4) is 0 Å². The molecule has 0 heterocycles. The van der Waals surface area contributed by atoms with Crippen molar-refractivity contribution in [1.82, 2.24) is 0 Å². The van der Waals surface area contributed by atoms with Crippen molar-refractivity contribution in [3.05, 3.63) is 0 Å². The van der Waals surface area contributed by atoms with E-state index in [1.807, 2.05) is 0 Å². The van der Waals surface area contributed by atoms with Crippen LogP contribution in [0.2, 0.25) is 0 Å². The zero-order valence-corrected chi connectivity index (χ0v) is 10.5. The Balaban J connectivity index is 3.38. The van der Waals surface area contributed by atoms with Crippen LogP contribution in [-0.2, 0) is 19.0 Å². The molecule has 0 spiro atoms. The van der Waals surface area contributed by atoms with Crippen LogP contribution in [-0.4, -0.2) is 56.6 Å². The number of thioether (sulfide) groups is 1. The molecule has 1 atom stereocenters. The van der Waals surface area contributed by atoms with Gasteiger partial charge in [0, 0.05) is 7.11 Å². The van der Waals surface area contributed by atoms with E-state index in [1.54, 1.807) is 7.11 Å². The Kier molecular flexibility index (Phi) is 9.83. The third-order valence-corrected chi connectivity index (χ3v) is 2.54. The van der Waals surface area contributed by atoms with Crippen molar-refractivity contribution in [2.45, 2.75) is 6.04 Å². The summed E-state index contributed by atoms with van der Waals surface area (Å²) in [5.41, 5.74) is 3.31. The van der Waals surface area contributed by atoms with Gasteiger partial charge < -0.3 is 29.8 Å². The third-order valence-electron chi connectivity index (χ3n) is 1.62. The largest absolute Gasteiger partial charge is 0.544 e. The van der Waals surface area contributed by atoms with Crippen LogP contribution in [0.15, 0.2) is 0 Å². The standard InChI is InChI=1S/C9H17NO6S/c1-14-2-3-15-4-5-16-9(13)17-6-7(10)8(11)12/h7H,2-6,10H2,1H3,(H,11,12). The van der Waals surface area contributed by atoms with Crippen LogP contribution >= 0.6 is 11.8 Å². The fourth-order valence-electron chi connectivity index (χ4n) is 0.707. The van der Waals surface area contributed by atoms with Crippen LogP contribution in [0.3, 0.4) is 0 Å². The molecule has 0 radical (unpaired) electrons. The molecule has 100 valence electrons. The topological polar surface area (TPSA) is 113 Å². The van der Waals surface area contributed by atoms with Gasteiger partial charge in [-0.2, -0.15) is 0 Å². The van der Waals surface area contributed by atoms with Gasteiger partial charge in [-0.05, 0) is 11.8 Å². The molecule has 7 nitrogen and oxygen atoms in total. The van der Waals surface area contributed by atoms with E-state index in [2.05, 4.69) is 5.73 Å². The van der Waals surface area contributed by atoms with Gasteiger partial charge >= 0.3 is 5.30 Å². The van der Waals surface area contributed by atoms with Gasteiger partial charge in [-0.25, -0.2) is 4.79 Å². The zero-order valence-electron chi connectivity index (χ0n) is 9.68. The quantitative estimate of drug-likeness (QED) is 0.375. The molecule has 0 saturated carbocycles. The molecule has 0 saturated heterocycles. The van der Waals surface area contributed by atoms with Gasteiger partial charge in [-0.3, -0.25) is 0 Å². The van der Waals surface area contributed by atoms with E-state index in [1.165, 1.54) is 0 Å². The monoisotopic (exact) mass is 267 g/mol. The fourth-order valence-corrected chi connectivity index (χ4v) is 1.35. The molecule has 0 aliphatic carbocycles. The van der Waals surface area contributed by atoms with E-state index >= 15 is 0 Å². The molecular formula is C9H17NO6S. The van der Waals surface area contributed by atoms with Crippen LogP contribution in [0.1, 0.15) is 0 Å². The maximum atomic E-state index is 11.1. The highest BCUT2D eigenvalue weighted by Crippen LogP contribution is 2.05. The summed E-state index contributed by atoms with van der Waals surface area (Å²) in [5, 5.41) is 9.76. The predicted molar refractivity (Wildman–Crippen MR) is 58.2 cm³/mol. The van der Waals surface area contributed by atoms with Crippen LogP contribution in [0.25, 0.3) is 0 Å². The molecule has 0 fully saturated rings. The second-order valence-corrected chi connectivity index (χ2v) is 3.99. The zero-order chi connectivity index (χ0) is 13.1. The molecule has 0 bridgehead atoms. The molecular weight excluding hydrogens is 250 g/mol. The molecule has 8 heteroatoms. The van der Waals surface area contributed by atoms with E-state index < -0.39 is 17.3 Å². The summed E-state index contributed by atoms with van der Waals surface area (Å²) in [4.78, 5) is 21.4. The second kappa shape index (κ2) is 10.3. The van der Waals surface area contributed by atoms with Gasteiger partial charge in [0.15, 0.2) is 0 Å². The van der Waals surface area contributed by atoms with E-state index in [4.69, 9.17) is 14.2 Å². The number of hydrogen-bond donors (Lipinski definition) is 1. The molecule has 0 aliphatic rings. The molecule has 1 unspecified atom stereocenters. The third kappa shape index (κ3) is 10.1. The number of methoxy groups -OCH3 is 1. The van der Waals surface area contributed by atoms with Crippen LogP contribution in [0.4, 0.5) is 4.79 Å². The molecule has 0 aliphatic heterocycles. The van der Waals surface area contributed by atoms with E-state index in [9.17, 15) is 14.7 Å². The molecule has 3 N–H and O–H groups in total. The average Bonchev–Trinajstić information content (AvgIpc) is 2.30. The minimum atomic E-state index is -1.28. The van der Waals surface area contributed by atoms with Gasteiger partial charge in [0.1, 0.15) is 12.6 Å². The lowest BCUT2D eigenvalue weighted by Crippen LogP contribution is -2.69. The Morgan fingerprint density at radius 2 is 1.94 bits per heavy atom. The van der Waals surface area contributed by atoms with Gasteiger partial charge in [-0.1, -0.05) is 0 Å². The summed E-state index contributed by atoms with van der Waals surface area (Å²) in [6, 6.07) is -0.925. The highest BCUT2D eigenvalue weighted by atomic mass is 32.2. The average molecular weight is 267 g/mol. The Morgan fingerprint density at radius 1 is 1.29 bits per heavy atom. The minimum absolute atomic E-state index is 0.0334. The summed E-state index contributed by atoms with van der Waals surface area (Å²) in [6.45, 7) is 1.33. The number of carbonyl (C=O) groups is 2. The van der Waals surface area contributed by atoms with Gasteiger partial charge in [-0.15, -0.1) is 0 Å². The van der Waals surface area contributed by atoms with E-state index in [-0.39, 0.29) is 19.0 Å². The Hall–Kier alpha value is -0.830. The first kappa shape index (κ1) is 16.2. The lowest BCUT2D eigenvalue weighted by molar-refractivity contribution is -0.431. The van der Waals surface area contributed by atoms with E-state index in [0.29, 0.717) is 13.2 Å². The Labute approximate surface area is 104 Å². The molecule has 0 rings (SSSR count). The normalized spacial score (nSPS) is 12.1. The van der Waals surface area contributed by atoms with Crippen LogP contribution in [0, 0.1) is 0 Å². The van der Waals surface area contributed by atoms with Gasteiger partial charge in [0.2, 0.25) is 0 Å². The Morgan fingerprint density at radius 3 is 2.53 bits per heavy atom. The summed E-state index contributed by atoms with van der Waals surface area (Å²) < 4.78 is 14.6. The minimum Gasteiger partial charge on any atom is -0.544 e. The first-order valence-corrected chi connectivity index (χ1v) is 5.96. The highest BCUT2D eigenvalue weighted by molar-refractivity contribution is 8.13. The van der Waals surface area contributed by atoms with Crippen LogP contribution < -0.4 is 10.8 Å². The number of quaternary nitrogens is 1. The smallest absolute Gasteiger partial charge is 0.367 e. The number of aliphatic carboxylic acids is 1. The molecule has 0 aromatic carbocycles. The Bertz CT molecular complexity index is 238. The van der Waals surface area contributed by atoms with Crippen LogP contribution in [0.5, 0.6) is 0 Å². The molecule has 0 aromatic heterocycles. The molecule has 17 heavy (non-hydrogen) atoms. The summed E-state index contributed by atoms with van der Waals surface area (Å²) in [5.74, 6) is -1.25. The van der Waals surface area contributed by atoms with Crippen molar-refractivity contribution >= 4 is 23.0 Å². The van der Waals surface area contributed by atoms with Crippen molar-refractivity contribution in [3.63, 3.8) is 0 Å². The van der Waals surface area contributed by atoms with Crippen molar-refractivity contribution in [1.29, 1.82) is 0 Å². The summed E-state index contributed by atoms with van der Waals surface area (Å²) in [6.07, 6.45) is 0. The summed E-state index contributed by atoms with van der Waals surface area (Å²) >= 11 is 0.756. The first-order valence-electron chi connectivity index (χ1n) is 4.98. The number of hydrogen-bond acceptors (Lipinski definition) is 7. The fraction of sp³-hybridized carbons (Fsp3) is 0.778. The molecule has 0 amide bonds. The maximum absolute atomic E-state index is 11.1. The number of carbonyl (C=O) groups excluding carboxylic acids is 2. The van der Waals surface area contributed by atoms with Crippen molar-refractivity contribution < 1.29 is 34.6 Å². The number of ether oxygens (including phenoxy) is 3. The van der Waals surface area contributed by atoms with Gasteiger partial charge in [0.05, 0.1) is 31.5 Å². The van der Waals surface area contributed by atoms with Crippen molar-refractivity contribution in [2.75, 3.05) is 39.3 Å². The van der Waals surface area contributed by atoms with Gasteiger partial charge in [0.25, 0.3) is 0 Å². The summed E-state index contributed by atoms with van der Waals surface area (Å²) in [7, 11) is 1.56. The highest BCUT2D eigenvalue weighted by Gasteiger charge is 2.11. The predicted octanol–water partition coefficient (Wildman–Crippen LogP) is -2.12. The number of carboxylic acids is 1. The van der Waals surface area contributed by atoms with Crippen molar-refractivity contribution in [2.24, 2.45) is 0 Å². The first-order chi connectivity index (χ1) is 8.07. The second-order valence-electron chi connectivity index (χ2n) is 3.03. The number of carboxylic acid groups (broad SMARTS) is 1. The number of rotatable bonds is 9. The van der Waals surface area contributed by atoms with E-state index in [0.717, 1.165) is 11.8 Å². The maximum Gasteiger partial charge on any atom is 0.367 e. The SMILES string of the molecule is COCCOCCOC(=O)SCC([NH3+])C(=O)[O-]. The lowest BCUT2D eigenvalue weighted by Gasteiger charge is -2.08. The molecule has 0 aromatic rings.